The number of aliphatic carboxylic acids is 1. The van der Waals surface area contributed by atoms with E-state index in [0.29, 0.717) is 26.6 Å². The summed E-state index contributed by atoms with van der Waals surface area (Å²) >= 11 is 12.6. The third-order valence-electron chi connectivity index (χ3n) is 2.49. The zero-order valence-corrected chi connectivity index (χ0v) is 14.4. The van der Waals surface area contributed by atoms with Crippen LogP contribution in [0.15, 0.2) is 51.4 Å². The molecule has 6 heteroatoms. The van der Waals surface area contributed by atoms with E-state index in [1.807, 2.05) is 6.07 Å². The van der Waals surface area contributed by atoms with Crippen LogP contribution in [0.3, 0.4) is 0 Å². The summed E-state index contributed by atoms with van der Waals surface area (Å²) in [5.41, 5.74) is 0.655. The Morgan fingerprint density at radius 3 is 2.57 bits per heavy atom. The van der Waals surface area contributed by atoms with Crippen molar-refractivity contribution >= 4 is 55.5 Å². The summed E-state index contributed by atoms with van der Waals surface area (Å²) in [5.74, 6) is 0.101. The Morgan fingerprint density at radius 1 is 1.14 bits per heavy atom. The van der Waals surface area contributed by atoms with Crippen LogP contribution < -0.4 is 4.74 Å². The van der Waals surface area contributed by atoms with Crippen molar-refractivity contribution in [2.75, 3.05) is 0 Å². The van der Waals surface area contributed by atoms with Crippen molar-refractivity contribution in [3.63, 3.8) is 0 Å². The lowest BCUT2D eigenvalue weighted by Gasteiger charge is -2.11. The number of benzene rings is 2. The summed E-state index contributed by atoms with van der Waals surface area (Å²) in [4.78, 5) is 10.6. The maximum atomic E-state index is 10.6. The molecule has 0 fully saturated rings. The van der Waals surface area contributed by atoms with Crippen LogP contribution in [-0.4, -0.2) is 11.1 Å². The molecule has 0 aliphatic heterocycles. The van der Waals surface area contributed by atoms with Gasteiger partial charge in [0.1, 0.15) is 11.5 Å². The van der Waals surface area contributed by atoms with Crippen molar-refractivity contribution in [1.29, 1.82) is 0 Å². The Hall–Kier alpha value is -1.30. The number of carbonyl (C=O) groups is 1. The Morgan fingerprint density at radius 2 is 1.90 bits per heavy atom. The molecule has 0 saturated heterocycles. The van der Waals surface area contributed by atoms with Gasteiger partial charge in [-0.25, -0.2) is 4.79 Å². The molecule has 2 rings (SSSR count). The standard InChI is InChI=1S/C15H9Br2ClO3/c16-10-3-1-9(2-6-15(19)20)14(7-10)21-13-5-4-11(18)8-12(13)17/h1-8H,(H,19,20)/b6-2+. The van der Waals surface area contributed by atoms with E-state index < -0.39 is 5.97 Å². The largest absolute Gasteiger partial charge is 0.478 e. The minimum atomic E-state index is -1.02. The number of carboxylic acids is 1. The second kappa shape index (κ2) is 7.11. The first-order chi connectivity index (χ1) is 9.95. The zero-order chi connectivity index (χ0) is 15.4. The van der Waals surface area contributed by atoms with Crippen LogP contribution in [-0.2, 0) is 4.79 Å². The minimum Gasteiger partial charge on any atom is -0.478 e. The molecule has 0 aromatic heterocycles. The highest BCUT2D eigenvalue weighted by atomic mass is 79.9. The van der Waals surface area contributed by atoms with Crippen LogP contribution in [0.2, 0.25) is 5.02 Å². The van der Waals surface area contributed by atoms with Gasteiger partial charge in [-0.15, -0.1) is 0 Å². The molecule has 0 aliphatic carbocycles. The number of hydrogen-bond acceptors (Lipinski definition) is 2. The third kappa shape index (κ3) is 4.59. The lowest BCUT2D eigenvalue weighted by molar-refractivity contribution is -0.131. The van der Waals surface area contributed by atoms with Gasteiger partial charge in [0.25, 0.3) is 0 Å². The average molecular weight is 432 g/mol. The summed E-state index contributed by atoms with van der Waals surface area (Å²) in [7, 11) is 0. The fourth-order valence-corrected chi connectivity index (χ4v) is 2.68. The highest BCUT2D eigenvalue weighted by molar-refractivity contribution is 9.10. The van der Waals surface area contributed by atoms with Crippen LogP contribution in [0.5, 0.6) is 11.5 Å². The number of carboxylic acid groups (broad SMARTS) is 1. The van der Waals surface area contributed by atoms with Gasteiger partial charge in [0.15, 0.2) is 0 Å². The molecule has 0 unspecified atom stereocenters. The third-order valence-corrected chi connectivity index (χ3v) is 3.84. The van der Waals surface area contributed by atoms with Crippen molar-refractivity contribution < 1.29 is 14.6 Å². The summed E-state index contributed by atoms with van der Waals surface area (Å²) < 4.78 is 7.37. The van der Waals surface area contributed by atoms with Gasteiger partial charge in [0, 0.05) is 21.1 Å². The lowest BCUT2D eigenvalue weighted by Crippen LogP contribution is -1.90. The summed E-state index contributed by atoms with van der Waals surface area (Å²) in [6.45, 7) is 0. The molecule has 0 heterocycles. The van der Waals surface area contributed by atoms with E-state index in [1.54, 1.807) is 30.3 Å². The predicted molar refractivity (Wildman–Crippen MR) is 90.0 cm³/mol. The molecule has 0 saturated carbocycles. The molecule has 0 atom stereocenters. The first-order valence-corrected chi connectivity index (χ1v) is 7.75. The summed E-state index contributed by atoms with van der Waals surface area (Å²) in [6, 6.07) is 10.5. The first kappa shape index (κ1) is 16.1. The van der Waals surface area contributed by atoms with Crippen molar-refractivity contribution in [3.8, 4) is 11.5 Å². The van der Waals surface area contributed by atoms with Crippen molar-refractivity contribution in [2.45, 2.75) is 0 Å². The Bertz CT molecular complexity index is 714. The van der Waals surface area contributed by atoms with Gasteiger partial charge in [-0.2, -0.15) is 0 Å². The van der Waals surface area contributed by atoms with Crippen molar-refractivity contribution in [2.24, 2.45) is 0 Å². The van der Waals surface area contributed by atoms with Crippen LogP contribution in [0, 0.1) is 0 Å². The summed E-state index contributed by atoms with van der Waals surface area (Å²) in [5, 5.41) is 9.32. The van der Waals surface area contributed by atoms with Crippen molar-refractivity contribution in [3.05, 3.63) is 62.0 Å². The molecule has 0 aliphatic rings. The highest BCUT2D eigenvalue weighted by Crippen LogP contribution is 2.35. The second-order valence-electron chi connectivity index (χ2n) is 4.03. The lowest BCUT2D eigenvalue weighted by atomic mass is 10.2. The average Bonchev–Trinajstić information content (AvgIpc) is 2.41. The van der Waals surface area contributed by atoms with E-state index >= 15 is 0 Å². The molecular formula is C15H9Br2ClO3. The Balaban J connectivity index is 2.38. The van der Waals surface area contributed by atoms with Crippen LogP contribution in [0.4, 0.5) is 0 Å². The molecular weight excluding hydrogens is 423 g/mol. The number of halogens is 3. The molecule has 108 valence electrons. The highest BCUT2D eigenvalue weighted by Gasteiger charge is 2.08. The molecule has 3 nitrogen and oxygen atoms in total. The predicted octanol–water partition coefficient (Wildman–Crippen LogP) is 5.76. The molecule has 21 heavy (non-hydrogen) atoms. The van der Waals surface area contributed by atoms with Crippen LogP contribution in [0.25, 0.3) is 6.08 Å². The van der Waals surface area contributed by atoms with Crippen LogP contribution in [0.1, 0.15) is 5.56 Å². The fraction of sp³-hybridized carbons (Fsp3) is 0. The van der Waals surface area contributed by atoms with E-state index in [2.05, 4.69) is 31.9 Å². The van der Waals surface area contributed by atoms with Crippen molar-refractivity contribution in [1.82, 2.24) is 0 Å². The molecule has 0 radical (unpaired) electrons. The smallest absolute Gasteiger partial charge is 0.328 e. The number of rotatable bonds is 4. The second-order valence-corrected chi connectivity index (χ2v) is 6.24. The number of hydrogen-bond donors (Lipinski definition) is 1. The first-order valence-electron chi connectivity index (χ1n) is 5.79. The number of ether oxygens (including phenoxy) is 1. The van der Waals surface area contributed by atoms with Gasteiger partial charge in [-0.1, -0.05) is 33.6 Å². The molecule has 2 aromatic rings. The van der Waals surface area contributed by atoms with Gasteiger partial charge < -0.3 is 9.84 Å². The Labute approximate surface area is 143 Å². The minimum absolute atomic E-state index is 0.532. The fourth-order valence-electron chi connectivity index (χ4n) is 1.57. The normalized spacial score (nSPS) is 10.8. The van der Waals surface area contributed by atoms with Crippen LogP contribution >= 0.6 is 43.5 Å². The van der Waals surface area contributed by atoms with E-state index in [1.165, 1.54) is 6.08 Å². The van der Waals surface area contributed by atoms with Gasteiger partial charge in [-0.05, 0) is 52.3 Å². The van der Waals surface area contributed by atoms with Gasteiger partial charge in [0.2, 0.25) is 0 Å². The van der Waals surface area contributed by atoms with E-state index in [9.17, 15) is 4.79 Å². The molecule has 0 amide bonds. The molecule has 0 spiro atoms. The maximum Gasteiger partial charge on any atom is 0.328 e. The monoisotopic (exact) mass is 430 g/mol. The zero-order valence-electron chi connectivity index (χ0n) is 10.5. The maximum absolute atomic E-state index is 10.6. The van der Waals surface area contributed by atoms with Gasteiger partial charge >= 0.3 is 5.97 Å². The Kier molecular flexibility index (Phi) is 5.45. The molecule has 1 N–H and O–H groups in total. The summed E-state index contributed by atoms with van der Waals surface area (Å²) in [6.07, 6.45) is 2.54. The SMILES string of the molecule is O=C(O)/C=C/c1ccc(Br)cc1Oc1ccc(Cl)cc1Br. The van der Waals surface area contributed by atoms with Gasteiger partial charge in [-0.3, -0.25) is 0 Å². The molecule has 0 bridgehead atoms. The quantitative estimate of drug-likeness (QED) is 0.626. The molecule has 2 aromatic carbocycles. The van der Waals surface area contributed by atoms with E-state index in [0.717, 1.165) is 10.5 Å². The van der Waals surface area contributed by atoms with E-state index in [4.69, 9.17) is 21.4 Å². The van der Waals surface area contributed by atoms with Gasteiger partial charge in [0.05, 0.1) is 4.47 Å². The topological polar surface area (TPSA) is 46.5 Å². The van der Waals surface area contributed by atoms with E-state index in [-0.39, 0.29) is 0 Å².